The van der Waals surface area contributed by atoms with Crippen molar-refractivity contribution in [1.82, 2.24) is 18.8 Å². The quantitative estimate of drug-likeness (QED) is 0.787. The highest BCUT2D eigenvalue weighted by molar-refractivity contribution is 7.10. The minimum absolute atomic E-state index is 0.131. The van der Waals surface area contributed by atoms with Crippen molar-refractivity contribution in [2.75, 3.05) is 11.9 Å². The third-order valence-electron chi connectivity index (χ3n) is 3.85. The number of carbonyl (C=O) groups is 1. The van der Waals surface area contributed by atoms with Gasteiger partial charge >= 0.3 is 6.03 Å². The summed E-state index contributed by atoms with van der Waals surface area (Å²) in [6.45, 7) is 2.13. The van der Waals surface area contributed by atoms with Crippen molar-refractivity contribution >= 4 is 22.7 Å². The molecule has 0 saturated heterocycles. The zero-order chi connectivity index (χ0) is 15.6. The number of anilines is 1. The first-order valence-electron chi connectivity index (χ1n) is 7.39. The van der Waals surface area contributed by atoms with Crippen LogP contribution in [0.5, 0.6) is 0 Å². The molecule has 0 fully saturated rings. The molecule has 1 N–H and O–H groups in total. The summed E-state index contributed by atoms with van der Waals surface area (Å²) in [6, 6.07) is 13.7. The smallest absolute Gasteiger partial charge is 0.324 e. The van der Waals surface area contributed by atoms with Crippen molar-refractivity contribution < 1.29 is 4.79 Å². The van der Waals surface area contributed by atoms with E-state index in [9.17, 15) is 4.79 Å². The topological polar surface area (TPSA) is 63.1 Å². The Labute approximate surface area is 137 Å². The van der Waals surface area contributed by atoms with Gasteiger partial charge in [0, 0.05) is 42.1 Å². The van der Waals surface area contributed by atoms with E-state index in [0.717, 1.165) is 17.8 Å². The Morgan fingerprint density at radius 1 is 1.13 bits per heavy atom. The third kappa shape index (κ3) is 2.83. The lowest BCUT2D eigenvalue weighted by molar-refractivity contribution is 0.197. The van der Waals surface area contributed by atoms with Crippen LogP contribution in [0.25, 0.3) is 11.4 Å². The highest BCUT2D eigenvalue weighted by Crippen LogP contribution is 2.21. The molecule has 0 saturated carbocycles. The van der Waals surface area contributed by atoms with Gasteiger partial charge in [-0.2, -0.15) is 9.36 Å². The maximum Gasteiger partial charge on any atom is 0.324 e. The van der Waals surface area contributed by atoms with Crippen LogP contribution < -0.4 is 5.32 Å². The molecule has 0 spiro atoms. The molecule has 23 heavy (non-hydrogen) atoms. The highest BCUT2D eigenvalue weighted by atomic mass is 32.1. The Morgan fingerprint density at radius 2 is 2.00 bits per heavy atom. The van der Waals surface area contributed by atoms with Gasteiger partial charge in [0.1, 0.15) is 0 Å². The van der Waals surface area contributed by atoms with Gasteiger partial charge in [-0.25, -0.2) is 4.79 Å². The van der Waals surface area contributed by atoms with Crippen LogP contribution in [-0.4, -0.2) is 31.4 Å². The summed E-state index contributed by atoms with van der Waals surface area (Å²) in [5.41, 5.74) is 2.09. The van der Waals surface area contributed by atoms with Crippen LogP contribution in [0, 0.1) is 0 Å². The third-order valence-corrected chi connectivity index (χ3v) is 4.48. The van der Waals surface area contributed by atoms with Crippen molar-refractivity contribution in [2.24, 2.45) is 0 Å². The minimum Gasteiger partial charge on any atom is -0.348 e. The molecule has 0 radical (unpaired) electrons. The number of nitrogens with one attached hydrogen (secondary N) is 1. The molecule has 1 aromatic carbocycles. The summed E-state index contributed by atoms with van der Waals surface area (Å²) in [5, 5.41) is 3.37. The number of benzene rings is 1. The molecule has 0 unspecified atom stereocenters. The maximum absolute atomic E-state index is 12.4. The fraction of sp³-hybridized carbons (Fsp3) is 0.188. The number of amides is 2. The molecule has 0 aliphatic carbocycles. The summed E-state index contributed by atoms with van der Waals surface area (Å²) in [7, 11) is 0. The summed E-state index contributed by atoms with van der Waals surface area (Å²) < 4.78 is 6.47. The van der Waals surface area contributed by atoms with E-state index < -0.39 is 0 Å². The molecule has 0 bridgehead atoms. The monoisotopic (exact) mass is 325 g/mol. The number of urea groups is 1. The number of hydrogen-bond acceptors (Lipinski definition) is 4. The van der Waals surface area contributed by atoms with Crippen LogP contribution in [0.3, 0.4) is 0 Å². The van der Waals surface area contributed by atoms with Gasteiger partial charge in [0.2, 0.25) is 5.13 Å². The van der Waals surface area contributed by atoms with Gasteiger partial charge in [-0.1, -0.05) is 30.3 Å². The van der Waals surface area contributed by atoms with Crippen LogP contribution in [0.2, 0.25) is 0 Å². The Kier molecular flexibility index (Phi) is 3.55. The Balaban J connectivity index is 1.45. The van der Waals surface area contributed by atoms with Gasteiger partial charge in [0.25, 0.3) is 0 Å². The molecule has 3 heterocycles. The lowest BCUT2D eigenvalue weighted by Gasteiger charge is -2.28. The van der Waals surface area contributed by atoms with Crippen LogP contribution in [0.4, 0.5) is 9.93 Å². The largest absolute Gasteiger partial charge is 0.348 e. The second kappa shape index (κ2) is 5.85. The average molecular weight is 325 g/mol. The normalized spacial score (nSPS) is 13.7. The van der Waals surface area contributed by atoms with Gasteiger partial charge in [0.05, 0.1) is 6.54 Å². The molecule has 3 aromatic rings. The average Bonchev–Trinajstić information content (AvgIpc) is 3.24. The van der Waals surface area contributed by atoms with Crippen LogP contribution in [0.1, 0.15) is 5.69 Å². The van der Waals surface area contributed by atoms with E-state index in [1.54, 1.807) is 4.90 Å². The van der Waals surface area contributed by atoms with Crippen molar-refractivity contribution in [3.8, 4) is 11.4 Å². The van der Waals surface area contributed by atoms with E-state index in [1.807, 2.05) is 48.7 Å². The summed E-state index contributed by atoms with van der Waals surface area (Å²) in [4.78, 5) is 18.6. The molecule has 2 amide bonds. The molecule has 4 rings (SSSR count). The molecule has 0 atom stereocenters. The summed E-state index contributed by atoms with van der Waals surface area (Å²) in [5.74, 6) is 0.637. The van der Waals surface area contributed by atoms with Gasteiger partial charge in [-0.05, 0) is 12.1 Å². The zero-order valence-electron chi connectivity index (χ0n) is 12.3. The first kappa shape index (κ1) is 14.0. The van der Waals surface area contributed by atoms with E-state index in [-0.39, 0.29) is 6.03 Å². The van der Waals surface area contributed by atoms with Gasteiger partial charge in [0.15, 0.2) is 5.82 Å². The molecule has 1 aliphatic heterocycles. The van der Waals surface area contributed by atoms with Gasteiger partial charge < -0.3 is 9.47 Å². The lowest BCUT2D eigenvalue weighted by Crippen LogP contribution is -2.40. The summed E-state index contributed by atoms with van der Waals surface area (Å²) >= 11 is 1.20. The van der Waals surface area contributed by atoms with Gasteiger partial charge in [-0.3, -0.25) is 5.32 Å². The predicted octanol–water partition coefficient (Wildman–Crippen LogP) is 3.05. The Morgan fingerprint density at radius 3 is 2.87 bits per heavy atom. The Hall–Kier alpha value is -2.67. The molecule has 6 nitrogen and oxygen atoms in total. The molecule has 7 heteroatoms. The van der Waals surface area contributed by atoms with Crippen molar-refractivity contribution in [1.29, 1.82) is 0 Å². The van der Waals surface area contributed by atoms with Crippen LogP contribution in [-0.2, 0) is 13.1 Å². The summed E-state index contributed by atoms with van der Waals surface area (Å²) in [6.07, 6.45) is 2.04. The van der Waals surface area contributed by atoms with E-state index in [1.165, 1.54) is 11.5 Å². The molecular weight excluding hydrogens is 310 g/mol. The Bertz CT molecular complexity index is 826. The first-order chi connectivity index (χ1) is 11.3. The molecule has 1 aliphatic rings. The van der Waals surface area contributed by atoms with E-state index >= 15 is 0 Å². The van der Waals surface area contributed by atoms with E-state index in [4.69, 9.17) is 0 Å². The number of carbonyl (C=O) groups excluding carboxylic acids is 1. The lowest BCUT2D eigenvalue weighted by atomic mass is 10.2. The van der Waals surface area contributed by atoms with Crippen molar-refractivity contribution in [3.05, 3.63) is 54.4 Å². The SMILES string of the molecule is O=C(Nc1nc(-c2ccccc2)ns1)N1CCn2cccc2C1. The zero-order valence-corrected chi connectivity index (χ0v) is 13.2. The maximum atomic E-state index is 12.4. The first-order valence-corrected chi connectivity index (χ1v) is 8.16. The van der Waals surface area contributed by atoms with E-state index in [2.05, 4.69) is 19.2 Å². The van der Waals surface area contributed by atoms with Crippen LogP contribution >= 0.6 is 11.5 Å². The second-order valence-electron chi connectivity index (χ2n) is 5.33. The van der Waals surface area contributed by atoms with E-state index in [0.29, 0.717) is 24.0 Å². The number of hydrogen-bond donors (Lipinski definition) is 1. The number of fused-ring (bicyclic) bond motifs is 1. The highest BCUT2D eigenvalue weighted by Gasteiger charge is 2.21. The number of rotatable bonds is 2. The standard InChI is InChI=1S/C16H15N5OS/c22-16(21-10-9-20-8-4-7-13(20)11-21)18-15-17-14(19-23-15)12-5-2-1-3-6-12/h1-8H,9-11H2,(H,17,18,19,22). The predicted molar refractivity (Wildman–Crippen MR) is 89.2 cm³/mol. The van der Waals surface area contributed by atoms with Crippen LogP contribution in [0.15, 0.2) is 48.7 Å². The molecule has 116 valence electrons. The molecular formula is C16H15N5OS. The van der Waals surface area contributed by atoms with Crippen molar-refractivity contribution in [3.63, 3.8) is 0 Å². The second-order valence-corrected chi connectivity index (χ2v) is 6.09. The minimum atomic E-state index is -0.131. The fourth-order valence-corrected chi connectivity index (χ4v) is 3.22. The molecule has 2 aromatic heterocycles. The van der Waals surface area contributed by atoms with Crippen molar-refractivity contribution in [2.45, 2.75) is 13.1 Å². The van der Waals surface area contributed by atoms with Gasteiger partial charge in [-0.15, -0.1) is 0 Å². The fourth-order valence-electron chi connectivity index (χ4n) is 2.64. The number of aromatic nitrogens is 3. The number of nitrogens with zero attached hydrogens (tertiary/aromatic N) is 4.